The highest BCUT2D eigenvalue weighted by Crippen LogP contribution is 2.29. The Kier molecular flexibility index (Phi) is 4.10. The van der Waals surface area contributed by atoms with Crippen molar-refractivity contribution in [1.29, 1.82) is 0 Å². The second-order valence-electron chi connectivity index (χ2n) is 4.08. The lowest BCUT2D eigenvalue weighted by Gasteiger charge is -2.16. The largest absolute Gasteiger partial charge is 0.481 e. The van der Waals surface area contributed by atoms with Gasteiger partial charge in [0.1, 0.15) is 0 Å². The topological polar surface area (TPSA) is 112 Å². The number of hydrogen-bond acceptors (Lipinski definition) is 4. The molecule has 0 saturated carbocycles. The molecule has 0 aromatic carbocycles. The Morgan fingerprint density at radius 1 is 1.11 bits per heavy atom. The zero-order valence-electron chi connectivity index (χ0n) is 9.29. The number of nitrogens with zero attached hydrogens (tertiary/aromatic N) is 1. The molecule has 2 N–H and O–H groups in total. The molecular formula is C8H10F3NO6S. The summed E-state index contributed by atoms with van der Waals surface area (Å²) in [4.78, 5) is 21.5. The molecule has 0 radical (unpaired) electrons. The van der Waals surface area contributed by atoms with E-state index in [1.807, 2.05) is 0 Å². The minimum atomic E-state index is -4.97. The molecule has 0 unspecified atom stereocenters. The maximum Gasteiger partial charge on any atom is 0.404 e. The lowest BCUT2D eigenvalue weighted by molar-refractivity contribution is -0.151. The van der Waals surface area contributed by atoms with Crippen LogP contribution in [0.15, 0.2) is 0 Å². The number of carbonyl (C=O) groups is 2. The Morgan fingerprint density at radius 2 is 1.47 bits per heavy atom. The van der Waals surface area contributed by atoms with Gasteiger partial charge in [-0.3, -0.25) is 9.59 Å². The molecule has 19 heavy (non-hydrogen) atoms. The molecule has 1 aliphatic rings. The highest BCUT2D eigenvalue weighted by Gasteiger charge is 2.48. The summed E-state index contributed by atoms with van der Waals surface area (Å²) in [7, 11) is -4.77. The third-order valence-electron chi connectivity index (χ3n) is 2.66. The van der Waals surface area contributed by atoms with Gasteiger partial charge in [0.25, 0.3) is 0 Å². The molecule has 7 nitrogen and oxygen atoms in total. The first kappa shape index (κ1) is 15.7. The molecule has 0 spiro atoms. The number of carboxylic acid groups (broad SMARTS) is 2. The van der Waals surface area contributed by atoms with Crippen LogP contribution in [0.5, 0.6) is 0 Å². The Hall–Kier alpha value is -1.36. The van der Waals surface area contributed by atoms with Crippen molar-refractivity contribution in [2.75, 3.05) is 18.8 Å². The number of halogens is 3. The van der Waals surface area contributed by atoms with Crippen molar-refractivity contribution >= 4 is 22.0 Å². The van der Waals surface area contributed by atoms with Crippen molar-refractivity contribution in [2.45, 2.75) is 6.18 Å². The fraction of sp³-hybridized carbons (Fsp3) is 0.750. The van der Waals surface area contributed by atoms with Gasteiger partial charge in [0.15, 0.2) is 5.75 Å². The van der Waals surface area contributed by atoms with Gasteiger partial charge >= 0.3 is 18.1 Å². The van der Waals surface area contributed by atoms with Crippen molar-refractivity contribution in [3.8, 4) is 0 Å². The monoisotopic (exact) mass is 305 g/mol. The molecule has 0 amide bonds. The number of carboxylic acids is 2. The predicted octanol–water partition coefficient (Wildman–Crippen LogP) is -0.404. The summed E-state index contributed by atoms with van der Waals surface area (Å²) < 4.78 is 59.3. The lowest BCUT2D eigenvalue weighted by atomic mass is 9.97. The van der Waals surface area contributed by atoms with Crippen LogP contribution in [0.1, 0.15) is 0 Å². The number of rotatable bonds is 4. The van der Waals surface area contributed by atoms with Crippen molar-refractivity contribution < 1.29 is 41.4 Å². The maximum atomic E-state index is 12.1. The Balaban J connectivity index is 2.94. The van der Waals surface area contributed by atoms with Gasteiger partial charge < -0.3 is 10.2 Å². The minimum Gasteiger partial charge on any atom is -0.481 e. The SMILES string of the molecule is O=C(O)[C@H]1CN(S(=O)(=O)CC(F)(F)F)C[C@@H]1C(=O)O. The first-order valence-electron chi connectivity index (χ1n) is 4.94. The fourth-order valence-electron chi connectivity index (χ4n) is 1.79. The van der Waals surface area contributed by atoms with E-state index in [1.165, 1.54) is 0 Å². The molecule has 1 heterocycles. The smallest absolute Gasteiger partial charge is 0.404 e. The molecule has 1 saturated heterocycles. The second-order valence-corrected chi connectivity index (χ2v) is 6.05. The van der Waals surface area contributed by atoms with Crippen LogP contribution in [0.25, 0.3) is 0 Å². The van der Waals surface area contributed by atoms with Crippen molar-refractivity contribution in [3.05, 3.63) is 0 Å². The van der Waals surface area contributed by atoms with Gasteiger partial charge in [0, 0.05) is 13.1 Å². The van der Waals surface area contributed by atoms with Gasteiger partial charge in [-0.2, -0.15) is 17.5 Å². The summed E-state index contributed by atoms with van der Waals surface area (Å²) in [6.45, 7) is -1.55. The Labute approximate surface area is 105 Å². The summed E-state index contributed by atoms with van der Waals surface area (Å²) >= 11 is 0. The average Bonchev–Trinajstić information content (AvgIpc) is 2.57. The van der Waals surface area contributed by atoms with Crippen LogP contribution in [-0.4, -0.2) is 59.9 Å². The van der Waals surface area contributed by atoms with E-state index >= 15 is 0 Å². The molecule has 11 heteroatoms. The van der Waals surface area contributed by atoms with Gasteiger partial charge in [0.05, 0.1) is 11.8 Å². The maximum absolute atomic E-state index is 12.1. The summed E-state index contributed by atoms with van der Waals surface area (Å²) in [6, 6.07) is 0. The number of aliphatic carboxylic acids is 2. The van der Waals surface area contributed by atoms with Crippen LogP contribution in [0, 0.1) is 11.8 Å². The zero-order valence-corrected chi connectivity index (χ0v) is 10.1. The highest BCUT2D eigenvalue weighted by molar-refractivity contribution is 7.89. The number of hydrogen-bond donors (Lipinski definition) is 2. The molecule has 1 fully saturated rings. The number of alkyl halides is 3. The van der Waals surface area contributed by atoms with Crippen LogP contribution in [0.4, 0.5) is 13.2 Å². The normalized spacial score (nSPS) is 25.4. The molecule has 0 aromatic heterocycles. The summed E-state index contributed by atoms with van der Waals surface area (Å²) in [5.41, 5.74) is 0. The third-order valence-corrected chi connectivity index (χ3v) is 4.44. The van der Waals surface area contributed by atoms with Gasteiger partial charge in [-0.1, -0.05) is 0 Å². The molecular weight excluding hydrogens is 295 g/mol. The zero-order chi connectivity index (χ0) is 15.0. The molecule has 1 aliphatic heterocycles. The van der Waals surface area contributed by atoms with Crippen LogP contribution in [-0.2, 0) is 19.6 Å². The molecule has 110 valence electrons. The summed E-state index contributed by atoms with van der Waals surface area (Å²) in [5, 5.41) is 17.5. The van der Waals surface area contributed by atoms with Crippen molar-refractivity contribution in [3.63, 3.8) is 0 Å². The van der Waals surface area contributed by atoms with Crippen molar-refractivity contribution in [1.82, 2.24) is 4.31 Å². The summed E-state index contributed by atoms with van der Waals surface area (Å²) in [6.07, 6.45) is -4.97. The van der Waals surface area contributed by atoms with E-state index in [9.17, 15) is 31.2 Å². The Bertz CT molecular complexity index is 465. The van der Waals surface area contributed by atoms with E-state index in [1.54, 1.807) is 0 Å². The first-order valence-corrected chi connectivity index (χ1v) is 6.55. The minimum absolute atomic E-state index is 0.262. The van der Waals surface area contributed by atoms with Crippen LogP contribution in [0.3, 0.4) is 0 Å². The van der Waals surface area contributed by atoms with E-state index < -0.39 is 58.8 Å². The number of sulfonamides is 1. The van der Waals surface area contributed by atoms with E-state index in [0.29, 0.717) is 0 Å². The first-order chi connectivity index (χ1) is 8.44. The second kappa shape index (κ2) is 4.96. The average molecular weight is 305 g/mol. The summed E-state index contributed by atoms with van der Waals surface area (Å²) in [5.74, 6) is -8.37. The Morgan fingerprint density at radius 3 is 1.74 bits per heavy atom. The van der Waals surface area contributed by atoms with Crippen LogP contribution < -0.4 is 0 Å². The van der Waals surface area contributed by atoms with Gasteiger partial charge in [-0.05, 0) is 0 Å². The van der Waals surface area contributed by atoms with Crippen molar-refractivity contribution in [2.24, 2.45) is 11.8 Å². The highest BCUT2D eigenvalue weighted by atomic mass is 32.2. The predicted molar refractivity (Wildman–Crippen MR) is 53.7 cm³/mol. The van der Waals surface area contributed by atoms with E-state index in [2.05, 4.69) is 0 Å². The molecule has 2 atom stereocenters. The van der Waals surface area contributed by atoms with E-state index in [0.717, 1.165) is 0 Å². The van der Waals surface area contributed by atoms with Crippen LogP contribution in [0.2, 0.25) is 0 Å². The quantitative estimate of drug-likeness (QED) is 0.730. The molecule has 0 aliphatic carbocycles. The lowest BCUT2D eigenvalue weighted by Crippen LogP contribution is -2.37. The fourth-order valence-corrected chi connectivity index (χ4v) is 3.17. The van der Waals surface area contributed by atoms with Gasteiger partial charge in [-0.15, -0.1) is 0 Å². The molecule has 0 bridgehead atoms. The van der Waals surface area contributed by atoms with E-state index in [4.69, 9.17) is 10.2 Å². The molecule has 0 aromatic rings. The van der Waals surface area contributed by atoms with E-state index in [-0.39, 0.29) is 4.31 Å². The van der Waals surface area contributed by atoms with Gasteiger partial charge in [0.2, 0.25) is 10.0 Å². The third kappa shape index (κ3) is 3.80. The van der Waals surface area contributed by atoms with Crippen LogP contribution >= 0.6 is 0 Å². The standard InChI is InChI=1S/C8H10F3NO6S/c9-8(10,11)3-19(17,18)12-1-4(6(13)14)5(2-12)7(15)16/h4-5H,1-3H2,(H,13,14)(H,15,16)/t4-,5-/m0/s1. The van der Waals surface area contributed by atoms with Gasteiger partial charge in [-0.25, -0.2) is 8.42 Å². The molecule has 1 rings (SSSR count).